The largest absolute Gasteiger partial charge is 0.457 e. The summed E-state index contributed by atoms with van der Waals surface area (Å²) in [5.74, 6) is -0.420. The molecule has 0 fully saturated rings. The fraction of sp³-hybridized carbons (Fsp3) is 0.120. The molecule has 188 valence electrons. The number of H-pyrrole nitrogens is 1. The van der Waals surface area contributed by atoms with E-state index in [1.807, 2.05) is 6.92 Å². The zero-order chi connectivity index (χ0) is 25.9. The van der Waals surface area contributed by atoms with Gasteiger partial charge in [-0.15, -0.1) is 0 Å². The molecule has 2 N–H and O–H groups in total. The molecule has 3 heterocycles. The monoisotopic (exact) mass is 508 g/mol. The maximum Gasteiger partial charge on any atom is 0.387 e. The van der Waals surface area contributed by atoms with Gasteiger partial charge in [-0.2, -0.15) is 19.0 Å². The van der Waals surface area contributed by atoms with E-state index in [4.69, 9.17) is 9.47 Å². The topological polar surface area (TPSA) is 106 Å². The normalized spacial score (nSPS) is 11.2. The molecule has 0 unspecified atom stereocenters. The number of nitrogens with zero attached hydrogens (tertiary/aromatic N) is 4. The first-order chi connectivity index (χ1) is 17.9. The van der Waals surface area contributed by atoms with Gasteiger partial charge in [-0.25, -0.2) is 13.9 Å². The van der Waals surface area contributed by atoms with Gasteiger partial charge in [-0.05, 0) is 54.4 Å². The van der Waals surface area contributed by atoms with Crippen molar-refractivity contribution in [2.24, 2.45) is 0 Å². The van der Waals surface area contributed by atoms with Crippen LogP contribution in [0.3, 0.4) is 0 Å². The van der Waals surface area contributed by atoms with E-state index in [9.17, 15) is 18.0 Å². The fourth-order valence-corrected chi connectivity index (χ4v) is 3.75. The third-order valence-corrected chi connectivity index (χ3v) is 5.48. The van der Waals surface area contributed by atoms with Gasteiger partial charge in [0.1, 0.15) is 28.6 Å². The van der Waals surface area contributed by atoms with Crippen LogP contribution < -0.4 is 14.8 Å². The first-order valence-corrected chi connectivity index (χ1v) is 11.1. The Morgan fingerprint density at radius 3 is 2.78 bits per heavy atom. The van der Waals surface area contributed by atoms with Crippen molar-refractivity contribution in [1.82, 2.24) is 24.8 Å². The number of hydrogen-bond donors (Lipinski definition) is 2. The summed E-state index contributed by atoms with van der Waals surface area (Å²) in [7, 11) is 0. The highest BCUT2D eigenvalue weighted by atomic mass is 19.3. The molecular weight excluding hydrogens is 489 g/mol. The molecule has 0 bridgehead atoms. The van der Waals surface area contributed by atoms with Crippen LogP contribution in [0.2, 0.25) is 0 Å². The van der Waals surface area contributed by atoms with Crippen LogP contribution in [-0.4, -0.2) is 37.3 Å². The lowest BCUT2D eigenvalue weighted by Gasteiger charge is -2.14. The third kappa shape index (κ3) is 4.94. The molecule has 0 spiro atoms. The average molecular weight is 508 g/mol. The van der Waals surface area contributed by atoms with Crippen molar-refractivity contribution in [3.8, 4) is 28.5 Å². The molecular formula is C25H19F3N6O3. The molecule has 5 aromatic rings. The summed E-state index contributed by atoms with van der Waals surface area (Å²) >= 11 is 0. The SMILES string of the molecule is CCc1cc(Oc2ccc(OC(F)F)c(-c3[nH]ncc3NC(=O)c3cnn4cccnc34)c2)ccc1F. The Labute approximate surface area is 207 Å². The van der Waals surface area contributed by atoms with Crippen molar-refractivity contribution in [1.29, 1.82) is 0 Å². The molecule has 0 atom stereocenters. The summed E-state index contributed by atoms with van der Waals surface area (Å²) in [5, 5.41) is 13.5. The first kappa shape index (κ1) is 23.9. The minimum Gasteiger partial charge on any atom is -0.457 e. The number of aromatic nitrogens is 5. The van der Waals surface area contributed by atoms with E-state index in [1.165, 1.54) is 53.4 Å². The molecule has 5 rings (SSSR count). The lowest BCUT2D eigenvalue weighted by atomic mass is 10.1. The van der Waals surface area contributed by atoms with Crippen LogP contribution in [-0.2, 0) is 6.42 Å². The number of ether oxygens (including phenoxy) is 2. The molecule has 0 radical (unpaired) electrons. The van der Waals surface area contributed by atoms with E-state index in [0.717, 1.165) is 0 Å². The molecule has 1 amide bonds. The number of amides is 1. The number of fused-ring (bicyclic) bond motifs is 1. The second-order valence-electron chi connectivity index (χ2n) is 7.80. The van der Waals surface area contributed by atoms with Crippen LogP contribution >= 0.6 is 0 Å². The highest BCUT2D eigenvalue weighted by molar-refractivity contribution is 6.09. The van der Waals surface area contributed by atoms with E-state index < -0.39 is 12.5 Å². The molecule has 0 saturated carbocycles. The van der Waals surface area contributed by atoms with E-state index >= 15 is 0 Å². The second-order valence-corrected chi connectivity index (χ2v) is 7.80. The standard InChI is InChI=1S/C25H19F3N6O3/c1-2-14-10-15(4-6-19(14)26)36-16-5-7-21(37-25(27)28)17(11-16)22-20(13-30-33-22)32-24(35)18-12-31-34-9-3-8-29-23(18)34/h3-13,25H,2H2,1H3,(H,30,33)(H,32,35). The van der Waals surface area contributed by atoms with E-state index in [-0.39, 0.29) is 39.8 Å². The number of nitrogens with one attached hydrogen (secondary N) is 2. The number of rotatable bonds is 8. The van der Waals surface area contributed by atoms with Gasteiger partial charge in [-0.1, -0.05) is 6.92 Å². The minimum atomic E-state index is -3.10. The number of carbonyl (C=O) groups excluding carboxylic acids is 1. The van der Waals surface area contributed by atoms with Gasteiger partial charge in [0, 0.05) is 18.0 Å². The van der Waals surface area contributed by atoms with E-state index in [1.54, 1.807) is 18.3 Å². The van der Waals surface area contributed by atoms with Gasteiger partial charge < -0.3 is 14.8 Å². The van der Waals surface area contributed by atoms with Crippen LogP contribution in [0, 0.1) is 5.82 Å². The summed E-state index contributed by atoms with van der Waals surface area (Å²) < 4.78 is 52.2. The van der Waals surface area contributed by atoms with Crippen molar-refractivity contribution in [2.75, 3.05) is 5.32 Å². The van der Waals surface area contributed by atoms with Crippen molar-refractivity contribution >= 4 is 17.2 Å². The highest BCUT2D eigenvalue weighted by Gasteiger charge is 2.21. The zero-order valence-electron chi connectivity index (χ0n) is 19.3. The quantitative estimate of drug-likeness (QED) is 0.288. The number of anilines is 1. The molecule has 37 heavy (non-hydrogen) atoms. The highest BCUT2D eigenvalue weighted by Crippen LogP contribution is 2.38. The van der Waals surface area contributed by atoms with Gasteiger partial charge in [0.25, 0.3) is 5.91 Å². The fourth-order valence-electron chi connectivity index (χ4n) is 3.75. The summed E-state index contributed by atoms with van der Waals surface area (Å²) in [6, 6.07) is 10.2. The molecule has 12 heteroatoms. The Bertz CT molecular complexity index is 1580. The first-order valence-electron chi connectivity index (χ1n) is 11.1. The van der Waals surface area contributed by atoms with Crippen molar-refractivity contribution in [3.05, 3.63) is 84.2 Å². The van der Waals surface area contributed by atoms with Crippen molar-refractivity contribution < 1.29 is 27.4 Å². The number of carbonyl (C=O) groups is 1. The summed E-state index contributed by atoms with van der Waals surface area (Å²) in [6.07, 6.45) is 6.34. The number of alkyl halides is 2. The van der Waals surface area contributed by atoms with Crippen molar-refractivity contribution in [2.45, 2.75) is 20.0 Å². The van der Waals surface area contributed by atoms with Crippen molar-refractivity contribution in [3.63, 3.8) is 0 Å². The van der Waals surface area contributed by atoms with Gasteiger partial charge in [0.15, 0.2) is 5.65 Å². The molecule has 3 aromatic heterocycles. The predicted molar refractivity (Wildman–Crippen MR) is 127 cm³/mol. The number of aromatic amines is 1. The van der Waals surface area contributed by atoms with Crippen LogP contribution in [0.25, 0.3) is 16.9 Å². The lowest BCUT2D eigenvalue weighted by molar-refractivity contribution is -0.0494. The molecule has 0 saturated heterocycles. The summed E-state index contributed by atoms with van der Waals surface area (Å²) in [4.78, 5) is 17.1. The van der Waals surface area contributed by atoms with Gasteiger partial charge >= 0.3 is 6.61 Å². The Hall–Kier alpha value is -4.87. The minimum absolute atomic E-state index is 0.154. The number of aryl methyl sites for hydroxylation is 1. The average Bonchev–Trinajstić information content (AvgIpc) is 3.53. The van der Waals surface area contributed by atoms with E-state index in [2.05, 4.69) is 25.6 Å². The molecule has 0 aliphatic heterocycles. The van der Waals surface area contributed by atoms with Gasteiger partial charge in [-0.3, -0.25) is 9.89 Å². The Balaban J connectivity index is 1.48. The number of benzene rings is 2. The molecule has 2 aromatic carbocycles. The molecule has 0 aliphatic carbocycles. The predicted octanol–water partition coefficient (Wildman–Crippen LogP) is 5.47. The lowest BCUT2D eigenvalue weighted by Crippen LogP contribution is -2.12. The maximum atomic E-state index is 13.9. The second kappa shape index (κ2) is 10.0. The summed E-state index contributed by atoms with van der Waals surface area (Å²) in [5.41, 5.74) is 1.57. The Morgan fingerprint density at radius 1 is 1.16 bits per heavy atom. The Morgan fingerprint density at radius 2 is 1.97 bits per heavy atom. The number of halogens is 3. The summed E-state index contributed by atoms with van der Waals surface area (Å²) in [6.45, 7) is -1.28. The van der Waals surface area contributed by atoms with Crippen LogP contribution in [0.15, 0.2) is 67.3 Å². The van der Waals surface area contributed by atoms with Crippen LogP contribution in [0.1, 0.15) is 22.8 Å². The third-order valence-electron chi connectivity index (χ3n) is 5.48. The zero-order valence-corrected chi connectivity index (χ0v) is 19.3. The number of hydrogen-bond acceptors (Lipinski definition) is 6. The van der Waals surface area contributed by atoms with Gasteiger partial charge in [0.2, 0.25) is 0 Å². The van der Waals surface area contributed by atoms with Crippen LogP contribution in [0.4, 0.5) is 18.9 Å². The Kier molecular flexibility index (Phi) is 6.45. The maximum absolute atomic E-state index is 13.9. The molecule has 0 aliphatic rings. The molecule has 9 nitrogen and oxygen atoms in total. The van der Waals surface area contributed by atoms with Gasteiger partial charge in [0.05, 0.1) is 23.8 Å². The van der Waals surface area contributed by atoms with Crippen LogP contribution in [0.5, 0.6) is 17.2 Å². The van der Waals surface area contributed by atoms with E-state index in [0.29, 0.717) is 23.4 Å². The smallest absolute Gasteiger partial charge is 0.387 e.